The maximum absolute atomic E-state index is 12.8. The highest BCUT2D eigenvalue weighted by Gasteiger charge is 2.17. The molecule has 136 valence electrons. The van der Waals surface area contributed by atoms with Gasteiger partial charge in [0.25, 0.3) is 0 Å². The number of benzene rings is 2. The van der Waals surface area contributed by atoms with Crippen molar-refractivity contribution in [1.82, 2.24) is 5.43 Å². The minimum Gasteiger partial charge on any atom is -0.507 e. The van der Waals surface area contributed by atoms with E-state index in [0.717, 1.165) is 23.4 Å². The Morgan fingerprint density at radius 2 is 1.92 bits per heavy atom. The summed E-state index contributed by atoms with van der Waals surface area (Å²) < 4.78 is 0. The zero-order valence-electron chi connectivity index (χ0n) is 15.8. The molecule has 0 radical (unpaired) electrons. The second kappa shape index (κ2) is 8.90. The predicted molar refractivity (Wildman–Crippen MR) is 107 cm³/mol. The lowest BCUT2D eigenvalue weighted by Crippen LogP contribution is -2.33. The number of ketones is 1. The Hall–Kier alpha value is -3.01. The van der Waals surface area contributed by atoms with Gasteiger partial charge in [-0.1, -0.05) is 49.4 Å². The highest BCUT2D eigenvalue weighted by atomic mass is 16.3. The van der Waals surface area contributed by atoms with Gasteiger partial charge < -0.3 is 5.11 Å². The van der Waals surface area contributed by atoms with Crippen LogP contribution in [0.4, 0.5) is 5.69 Å². The predicted octanol–water partition coefficient (Wildman–Crippen LogP) is 4.74. The largest absolute Gasteiger partial charge is 0.507 e. The average Bonchev–Trinajstić information content (AvgIpc) is 2.65. The van der Waals surface area contributed by atoms with E-state index in [0.29, 0.717) is 5.56 Å². The molecule has 0 aliphatic carbocycles. The smallest absolute Gasteiger partial charge is 0.196 e. The number of rotatable bonds is 7. The van der Waals surface area contributed by atoms with Crippen LogP contribution in [-0.4, -0.2) is 17.9 Å². The SMILES string of the molecule is C/C=C(\C=C/CC)NN(C)c1cc(C(=O)c2ccccc2)c(O)cc1C. The summed E-state index contributed by atoms with van der Waals surface area (Å²) >= 11 is 0. The third-order valence-electron chi connectivity index (χ3n) is 4.10. The van der Waals surface area contributed by atoms with Crippen LogP contribution in [-0.2, 0) is 0 Å². The molecular formula is C22H26N2O2. The number of allylic oxidation sites excluding steroid dienone is 3. The number of hydrazine groups is 1. The zero-order valence-corrected chi connectivity index (χ0v) is 15.8. The molecule has 2 N–H and O–H groups in total. The van der Waals surface area contributed by atoms with Crippen molar-refractivity contribution in [3.8, 4) is 5.75 Å². The molecule has 0 aliphatic heterocycles. The fourth-order valence-electron chi connectivity index (χ4n) is 2.67. The molecule has 0 heterocycles. The summed E-state index contributed by atoms with van der Waals surface area (Å²) in [5, 5.41) is 12.1. The second-order valence-electron chi connectivity index (χ2n) is 6.08. The van der Waals surface area contributed by atoms with Crippen LogP contribution in [0.25, 0.3) is 0 Å². The molecule has 2 aromatic rings. The molecule has 0 unspecified atom stereocenters. The minimum atomic E-state index is -0.199. The van der Waals surface area contributed by atoms with E-state index in [-0.39, 0.29) is 17.1 Å². The standard InChI is InChI=1S/C22H26N2O2/c1-5-7-13-18(6-2)23-24(4)20-15-19(21(25)14-16(20)3)22(26)17-11-9-8-10-12-17/h6-15,23,25H,5H2,1-4H3/b13-7-,18-6+. The third-order valence-corrected chi connectivity index (χ3v) is 4.10. The van der Waals surface area contributed by atoms with E-state index in [1.54, 1.807) is 24.3 Å². The number of aryl methyl sites for hydroxylation is 1. The number of phenolic OH excluding ortho intramolecular Hbond substituents is 1. The van der Waals surface area contributed by atoms with Gasteiger partial charge in [0.05, 0.1) is 11.3 Å². The lowest BCUT2D eigenvalue weighted by molar-refractivity contribution is 0.103. The van der Waals surface area contributed by atoms with Gasteiger partial charge in [-0.3, -0.25) is 15.2 Å². The van der Waals surface area contributed by atoms with Crippen LogP contribution in [0.1, 0.15) is 41.8 Å². The number of anilines is 1. The van der Waals surface area contributed by atoms with Crippen LogP contribution >= 0.6 is 0 Å². The summed E-state index contributed by atoms with van der Waals surface area (Å²) in [4.78, 5) is 12.8. The van der Waals surface area contributed by atoms with E-state index in [2.05, 4.69) is 18.4 Å². The van der Waals surface area contributed by atoms with Crippen molar-refractivity contribution in [2.75, 3.05) is 12.1 Å². The number of carbonyl (C=O) groups is 1. The first kappa shape index (κ1) is 19.3. The van der Waals surface area contributed by atoms with Gasteiger partial charge in [0, 0.05) is 18.3 Å². The molecule has 0 saturated carbocycles. The van der Waals surface area contributed by atoms with Crippen LogP contribution < -0.4 is 10.4 Å². The van der Waals surface area contributed by atoms with Crippen LogP contribution in [0.3, 0.4) is 0 Å². The van der Waals surface area contributed by atoms with Gasteiger partial charge in [0.1, 0.15) is 5.75 Å². The number of nitrogens with one attached hydrogen (secondary N) is 1. The summed E-state index contributed by atoms with van der Waals surface area (Å²) in [5.74, 6) is -0.208. The van der Waals surface area contributed by atoms with Crippen LogP contribution in [0.2, 0.25) is 0 Å². The zero-order chi connectivity index (χ0) is 19.1. The highest BCUT2D eigenvalue weighted by Crippen LogP contribution is 2.29. The molecule has 0 amide bonds. The molecule has 0 atom stereocenters. The maximum atomic E-state index is 12.8. The van der Waals surface area contributed by atoms with E-state index >= 15 is 0 Å². The summed E-state index contributed by atoms with van der Waals surface area (Å²) in [6, 6.07) is 12.3. The average molecular weight is 350 g/mol. The number of aromatic hydroxyl groups is 1. The first-order chi connectivity index (χ1) is 12.5. The van der Waals surface area contributed by atoms with Gasteiger partial charge in [-0.05, 0) is 44.0 Å². The highest BCUT2D eigenvalue weighted by molar-refractivity contribution is 6.11. The van der Waals surface area contributed by atoms with Crippen LogP contribution in [0.15, 0.2) is 66.4 Å². The Balaban J connectivity index is 2.35. The van der Waals surface area contributed by atoms with Crippen LogP contribution in [0.5, 0.6) is 5.75 Å². The normalized spacial score (nSPS) is 11.6. The molecule has 4 heteroatoms. The van der Waals surface area contributed by atoms with Gasteiger partial charge in [0.15, 0.2) is 5.78 Å². The molecule has 0 spiro atoms. The molecule has 2 rings (SSSR count). The van der Waals surface area contributed by atoms with Gasteiger partial charge >= 0.3 is 0 Å². The Morgan fingerprint density at radius 1 is 1.23 bits per heavy atom. The molecule has 0 fully saturated rings. The summed E-state index contributed by atoms with van der Waals surface area (Å²) in [7, 11) is 1.89. The van der Waals surface area contributed by atoms with E-state index in [1.165, 1.54) is 0 Å². The van der Waals surface area contributed by atoms with Gasteiger partial charge in [-0.2, -0.15) is 0 Å². The molecule has 0 bridgehead atoms. The number of nitrogens with zero attached hydrogens (tertiary/aromatic N) is 1. The third kappa shape index (κ3) is 4.54. The lowest BCUT2D eigenvalue weighted by Gasteiger charge is -2.25. The molecule has 0 aliphatic rings. The first-order valence-corrected chi connectivity index (χ1v) is 8.74. The van der Waals surface area contributed by atoms with Gasteiger partial charge in [0.2, 0.25) is 0 Å². The lowest BCUT2D eigenvalue weighted by atomic mass is 10.00. The van der Waals surface area contributed by atoms with E-state index in [4.69, 9.17) is 0 Å². The van der Waals surface area contributed by atoms with Crippen molar-refractivity contribution in [3.63, 3.8) is 0 Å². The van der Waals surface area contributed by atoms with Gasteiger partial charge in [-0.15, -0.1) is 0 Å². The Bertz CT molecular complexity index is 824. The Labute approximate surface area is 155 Å². The fourth-order valence-corrected chi connectivity index (χ4v) is 2.67. The van der Waals surface area contributed by atoms with Crippen molar-refractivity contribution in [2.24, 2.45) is 0 Å². The number of hydrogen-bond acceptors (Lipinski definition) is 4. The number of phenols is 1. The molecule has 0 aromatic heterocycles. The first-order valence-electron chi connectivity index (χ1n) is 8.74. The van der Waals surface area contributed by atoms with E-state index in [9.17, 15) is 9.90 Å². The molecule has 4 nitrogen and oxygen atoms in total. The molecule has 0 saturated heterocycles. The number of hydrogen-bond donors (Lipinski definition) is 2. The maximum Gasteiger partial charge on any atom is 0.196 e. The Morgan fingerprint density at radius 3 is 2.54 bits per heavy atom. The fraction of sp³-hybridized carbons (Fsp3) is 0.227. The van der Waals surface area contributed by atoms with E-state index < -0.39 is 0 Å². The second-order valence-corrected chi connectivity index (χ2v) is 6.08. The topological polar surface area (TPSA) is 52.6 Å². The Kier molecular flexibility index (Phi) is 6.61. The molecular weight excluding hydrogens is 324 g/mol. The summed E-state index contributed by atoms with van der Waals surface area (Å²) in [6.45, 7) is 5.95. The van der Waals surface area contributed by atoms with Crippen molar-refractivity contribution in [3.05, 3.63) is 83.1 Å². The molecule has 2 aromatic carbocycles. The van der Waals surface area contributed by atoms with Crippen LogP contribution in [0, 0.1) is 6.92 Å². The molecule has 26 heavy (non-hydrogen) atoms. The van der Waals surface area contributed by atoms with E-state index in [1.807, 2.05) is 56.3 Å². The minimum absolute atomic E-state index is 0.00867. The van der Waals surface area contributed by atoms with Crippen molar-refractivity contribution in [2.45, 2.75) is 27.2 Å². The van der Waals surface area contributed by atoms with Gasteiger partial charge in [-0.25, -0.2) is 0 Å². The summed E-state index contributed by atoms with van der Waals surface area (Å²) in [6.07, 6.45) is 7.03. The summed E-state index contributed by atoms with van der Waals surface area (Å²) in [5.41, 5.74) is 6.79. The number of carbonyl (C=O) groups excluding carboxylic acids is 1. The van der Waals surface area contributed by atoms with Crippen molar-refractivity contribution >= 4 is 11.5 Å². The van der Waals surface area contributed by atoms with Crippen molar-refractivity contribution in [1.29, 1.82) is 0 Å². The van der Waals surface area contributed by atoms with Crippen molar-refractivity contribution < 1.29 is 9.90 Å². The monoisotopic (exact) mass is 350 g/mol. The quantitative estimate of drug-likeness (QED) is 0.430.